The van der Waals surface area contributed by atoms with E-state index in [1.807, 2.05) is 31.2 Å². The summed E-state index contributed by atoms with van der Waals surface area (Å²) in [6.45, 7) is 3.95. The van der Waals surface area contributed by atoms with Crippen LogP contribution in [-0.4, -0.2) is 27.5 Å². The zero-order chi connectivity index (χ0) is 16.7. The summed E-state index contributed by atoms with van der Waals surface area (Å²) in [7, 11) is -3.47. The Bertz CT molecular complexity index is 859. The average Bonchev–Trinajstić information content (AvgIpc) is 2.75. The van der Waals surface area contributed by atoms with Gasteiger partial charge in [0.2, 0.25) is 9.84 Å². The van der Waals surface area contributed by atoms with E-state index in [-0.39, 0.29) is 0 Å². The third-order valence-electron chi connectivity index (χ3n) is 5.15. The third kappa shape index (κ3) is 2.62. The number of hydrogen-bond acceptors (Lipinski definition) is 4. The van der Waals surface area contributed by atoms with Crippen molar-refractivity contribution in [3.05, 3.63) is 53.6 Å². The van der Waals surface area contributed by atoms with Crippen molar-refractivity contribution in [2.45, 2.75) is 41.5 Å². The van der Waals surface area contributed by atoms with Crippen molar-refractivity contribution < 1.29 is 8.42 Å². The largest absolute Gasteiger partial charge is 0.381 e. The number of nitrogens with one attached hydrogen (secondary N) is 2. The summed E-state index contributed by atoms with van der Waals surface area (Å²) in [6, 6.07) is 13.0. The van der Waals surface area contributed by atoms with Gasteiger partial charge in [0.25, 0.3) is 0 Å². The summed E-state index contributed by atoms with van der Waals surface area (Å²) in [6.07, 6.45) is 2.11. The second-order valence-corrected chi connectivity index (χ2v) is 8.70. The Kier molecular flexibility index (Phi) is 3.85. The van der Waals surface area contributed by atoms with Crippen molar-refractivity contribution in [2.24, 2.45) is 0 Å². The molecule has 2 aromatic rings. The predicted molar refractivity (Wildman–Crippen MR) is 95.3 cm³/mol. The highest BCUT2D eigenvalue weighted by Gasteiger charge is 2.33. The number of benzene rings is 2. The summed E-state index contributed by atoms with van der Waals surface area (Å²) in [5.41, 5.74) is 3.30. The van der Waals surface area contributed by atoms with Crippen LogP contribution in [0.4, 0.5) is 5.69 Å². The lowest BCUT2D eigenvalue weighted by Crippen LogP contribution is -2.21. The van der Waals surface area contributed by atoms with Gasteiger partial charge in [-0.1, -0.05) is 17.7 Å². The predicted octanol–water partition coefficient (Wildman–Crippen LogP) is 3.09. The van der Waals surface area contributed by atoms with Crippen LogP contribution < -0.4 is 10.6 Å². The SMILES string of the molecule is Cc1ccc(S(=O)(=O)c2ccc3c(c2)[C@@H]2CCNCC[C@H]2N3)cc1. The van der Waals surface area contributed by atoms with Crippen molar-refractivity contribution in [3.8, 4) is 0 Å². The van der Waals surface area contributed by atoms with Crippen LogP contribution >= 0.6 is 0 Å². The number of rotatable bonds is 2. The van der Waals surface area contributed by atoms with E-state index >= 15 is 0 Å². The van der Waals surface area contributed by atoms with Gasteiger partial charge in [0.15, 0.2) is 0 Å². The summed E-state index contributed by atoms with van der Waals surface area (Å²) in [5, 5.41) is 6.99. The molecule has 24 heavy (non-hydrogen) atoms. The molecule has 1 saturated heterocycles. The Balaban J connectivity index is 1.73. The highest BCUT2D eigenvalue weighted by atomic mass is 32.2. The van der Waals surface area contributed by atoms with Gasteiger partial charge < -0.3 is 10.6 Å². The smallest absolute Gasteiger partial charge is 0.206 e. The molecule has 2 aromatic carbocycles. The molecule has 1 fully saturated rings. The number of sulfone groups is 1. The molecule has 0 radical (unpaired) electrons. The van der Waals surface area contributed by atoms with Crippen LogP contribution in [0.5, 0.6) is 0 Å². The standard InChI is InChI=1S/C19H22N2O2S/c1-13-2-4-14(5-3-13)24(22,23)15-6-7-18-17(12-15)16-8-10-20-11-9-19(16)21-18/h2-7,12,16,19-21H,8-11H2,1H3/t16-,19+/m0/s1. The number of hydrogen-bond donors (Lipinski definition) is 2. The number of aryl methyl sites for hydroxylation is 1. The molecule has 0 aliphatic carbocycles. The molecule has 2 atom stereocenters. The van der Waals surface area contributed by atoms with Crippen molar-refractivity contribution >= 4 is 15.5 Å². The van der Waals surface area contributed by atoms with Gasteiger partial charge in [-0.25, -0.2) is 8.42 Å². The van der Waals surface area contributed by atoms with E-state index in [9.17, 15) is 8.42 Å². The van der Waals surface area contributed by atoms with Crippen LogP contribution in [0.3, 0.4) is 0 Å². The normalized spacial score (nSPS) is 23.0. The first kappa shape index (κ1) is 15.7. The van der Waals surface area contributed by atoms with Crippen LogP contribution in [-0.2, 0) is 9.84 Å². The van der Waals surface area contributed by atoms with Crippen molar-refractivity contribution in [1.29, 1.82) is 0 Å². The van der Waals surface area contributed by atoms with Gasteiger partial charge in [-0.05, 0) is 68.8 Å². The van der Waals surface area contributed by atoms with Crippen LogP contribution in [0.15, 0.2) is 52.3 Å². The maximum Gasteiger partial charge on any atom is 0.206 e. The summed E-state index contributed by atoms with van der Waals surface area (Å²) in [4.78, 5) is 0.753. The zero-order valence-electron chi connectivity index (χ0n) is 13.7. The fraction of sp³-hybridized carbons (Fsp3) is 0.368. The van der Waals surface area contributed by atoms with Gasteiger partial charge in [-0.15, -0.1) is 0 Å². The van der Waals surface area contributed by atoms with Crippen LogP contribution in [0, 0.1) is 6.92 Å². The maximum atomic E-state index is 12.9. The molecule has 126 valence electrons. The molecule has 0 bridgehead atoms. The summed E-state index contributed by atoms with van der Waals surface area (Å²) in [5.74, 6) is 0.392. The third-order valence-corrected chi connectivity index (χ3v) is 6.92. The van der Waals surface area contributed by atoms with E-state index in [1.165, 1.54) is 0 Å². The molecule has 4 nitrogen and oxygen atoms in total. The van der Waals surface area contributed by atoms with E-state index in [0.717, 1.165) is 42.7 Å². The number of fused-ring (bicyclic) bond motifs is 3. The Morgan fingerprint density at radius 2 is 1.67 bits per heavy atom. The Hall–Kier alpha value is -1.85. The van der Waals surface area contributed by atoms with Gasteiger partial charge >= 0.3 is 0 Å². The molecule has 0 unspecified atom stereocenters. The summed E-state index contributed by atoms with van der Waals surface area (Å²) >= 11 is 0. The fourth-order valence-corrected chi connectivity index (χ4v) is 5.08. The Labute approximate surface area is 143 Å². The molecule has 5 heteroatoms. The first-order chi connectivity index (χ1) is 11.6. The molecule has 2 N–H and O–H groups in total. The van der Waals surface area contributed by atoms with E-state index in [0.29, 0.717) is 21.8 Å². The van der Waals surface area contributed by atoms with Crippen molar-refractivity contribution in [1.82, 2.24) is 5.32 Å². The Morgan fingerprint density at radius 3 is 2.46 bits per heavy atom. The molecule has 2 heterocycles. The molecular formula is C19H22N2O2S. The van der Waals surface area contributed by atoms with Crippen molar-refractivity contribution in [3.63, 3.8) is 0 Å². The first-order valence-electron chi connectivity index (χ1n) is 8.49. The lowest BCUT2D eigenvalue weighted by atomic mass is 9.91. The molecule has 2 aliphatic heterocycles. The zero-order valence-corrected chi connectivity index (χ0v) is 14.6. The molecule has 4 rings (SSSR count). The lowest BCUT2D eigenvalue weighted by molar-refractivity contribution is 0.576. The van der Waals surface area contributed by atoms with Gasteiger partial charge in [0, 0.05) is 17.6 Å². The molecule has 0 spiro atoms. The van der Waals surface area contributed by atoms with E-state index < -0.39 is 9.84 Å². The van der Waals surface area contributed by atoms with Gasteiger partial charge in [0.1, 0.15) is 0 Å². The molecule has 0 aromatic heterocycles. The van der Waals surface area contributed by atoms with Crippen LogP contribution in [0.1, 0.15) is 29.9 Å². The highest BCUT2D eigenvalue weighted by Crippen LogP contribution is 2.41. The minimum absolute atomic E-state index is 0.359. The minimum atomic E-state index is -3.47. The molecule has 2 aliphatic rings. The molecule has 0 amide bonds. The van der Waals surface area contributed by atoms with Gasteiger partial charge in [-0.3, -0.25) is 0 Å². The quantitative estimate of drug-likeness (QED) is 0.880. The van der Waals surface area contributed by atoms with Crippen molar-refractivity contribution in [2.75, 3.05) is 18.4 Å². The van der Waals surface area contributed by atoms with Gasteiger partial charge in [-0.2, -0.15) is 0 Å². The minimum Gasteiger partial charge on any atom is -0.381 e. The summed E-state index contributed by atoms with van der Waals surface area (Å²) < 4.78 is 25.9. The second kappa shape index (κ2) is 5.90. The first-order valence-corrected chi connectivity index (χ1v) is 9.97. The van der Waals surface area contributed by atoms with Crippen LogP contribution in [0.25, 0.3) is 0 Å². The van der Waals surface area contributed by atoms with Gasteiger partial charge in [0.05, 0.1) is 9.79 Å². The highest BCUT2D eigenvalue weighted by molar-refractivity contribution is 7.91. The monoisotopic (exact) mass is 342 g/mol. The maximum absolute atomic E-state index is 12.9. The lowest BCUT2D eigenvalue weighted by Gasteiger charge is -2.16. The topological polar surface area (TPSA) is 58.2 Å². The fourth-order valence-electron chi connectivity index (χ4n) is 3.79. The molecular weight excluding hydrogens is 320 g/mol. The van der Waals surface area contributed by atoms with Crippen LogP contribution in [0.2, 0.25) is 0 Å². The second-order valence-electron chi connectivity index (χ2n) is 6.75. The van der Waals surface area contributed by atoms with E-state index in [2.05, 4.69) is 10.6 Å². The molecule has 0 saturated carbocycles. The Morgan fingerprint density at radius 1 is 0.958 bits per heavy atom. The van der Waals surface area contributed by atoms with E-state index in [1.54, 1.807) is 18.2 Å². The average molecular weight is 342 g/mol. The van der Waals surface area contributed by atoms with E-state index in [4.69, 9.17) is 0 Å². The number of anilines is 1.